The third kappa shape index (κ3) is 4.65. The minimum atomic E-state index is -0.318. The lowest BCUT2D eigenvalue weighted by atomic mass is 10.1. The monoisotopic (exact) mass is 279 g/mol. The summed E-state index contributed by atoms with van der Waals surface area (Å²) in [6.45, 7) is 5.48. The van der Waals surface area contributed by atoms with E-state index in [4.69, 9.17) is 0 Å². The van der Waals surface area contributed by atoms with Gasteiger partial charge in [0.2, 0.25) is 0 Å². The van der Waals surface area contributed by atoms with Gasteiger partial charge in [-0.2, -0.15) is 0 Å². The Hall–Kier alpha value is -1.33. The van der Waals surface area contributed by atoms with Crippen LogP contribution in [-0.2, 0) is 11.3 Å². The minimum Gasteiger partial charge on any atom is -0.464 e. The van der Waals surface area contributed by atoms with E-state index in [0.717, 1.165) is 18.8 Å². The predicted octanol–water partition coefficient (Wildman–Crippen LogP) is 1.77. The Bertz CT molecular complexity index is 411. The van der Waals surface area contributed by atoms with E-state index in [0.29, 0.717) is 5.69 Å². The zero-order valence-electron chi connectivity index (χ0n) is 12.3. The lowest BCUT2D eigenvalue weighted by Gasteiger charge is -2.26. The van der Waals surface area contributed by atoms with Gasteiger partial charge in [0.1, 0.15) is 5.69 Å². The normalized spacial score (nSPS) is 16.2. The first kappa shape index (κ1) is 15.1. The summed E-state index contributed by atoms with van der Waals surface area (Å²) >= 11 is 0. The van der Waals surface area contributed by atoms with Crippen LogP contribution in [0, 0.1) is 0 Å². The summed E-state index contributed by atoms with van der Waals surface area (Å²) in [5.41, 5.74) is 1.53. The van der Waals surface area contributed by atoms with Crippen molar-refractivity contribution < 1.29 is 9.53 Å². The highest BCUT2D eigenvalue weighted by molar-refractivity contribution is 5.87. The number of carbonyl (C=O) groups excluding carboxylic acids is 1. The lowest BCUT2D eigenvalue weighted by molar-refractivity contribution is 0.0594. The van der Waals surface area contributed by atoms with Crippen LogP contribution in [0.3, 0.4) is 0 Å². The summed E-state index contributed by atoms with van der Waals surface area (Å²) in [4.78, 5) is 16.9. The van der Waals surface area contributed by atoms with Gasteiger partial charge >= 0.3 is 5.97 Å². The fourth-order valence-electron chi connectivity index (χ4n) is 2.61. The van der Waals surface area contributed by atoms with Crippen molar-refractivity contribution in [2.45, 2.75) is 32.2 Å². The zero-order valence-corrected chi connectivity index (χ0v) is 12.3. The van der Waals surface area contributed by atoms with E-state index in [1.165, 1.54) is 52.4 Å². The molecular weight excluding hydrogens is 254 g/mol. The standard InChI is InChI=1S/C15H25N3O2/c1-20-15(19)14-7-6-13(17-14)12-16-8-5-11-18-9-3-2-4-10-18/h6-7,16-17H,2-5,8-12H2,1H3. The van der Waals surface area contributed by atoms with Gasteiger partial charge in [0.25, 0.3) is 0 Å². The Morgan fingerprint density at radius 2 is 2.15 bits per heavy atom. The predicted molar refractivity (Wildman–Crippen MR) is 78.7 cm³/mol. The van der Waals surface area contributed by atoms with Gasteiger partial charge in [-0.3, -0.25) is 0 Å². The van der Waals surface area contributed by atoms with Crippen LogP contribution in [0.4, 0.5) is 0 Å². The number of esters is 1. The van der Waals surface area contributed by atoms with Gasteiger partial charge in [-0.05, 0) is 57.6 Å². The molecule has 0 radical (unpaired) electrons. The fourth-order valence-corrected chi connectivity index (χ4v) is 2.61. The highest BCUT2D eigenvalue weighted by Crippen LogP contribution is 2.08. The molecule has 1 saturated heterocycles. The van der Waals surface area contributed by atoms with Crippen LogP contribution in [-0.4, -0.2) is 49.1 Å². The second-order valence-electron chi connectivity index (χ2n) is 5.32. The Morgan fingerprint density at radius 1 is 1.35 bits per heavy atom. The van der Waals surface area contributed by atoms with Gasteiger partial charge in [-0.15, -0.1) is 0 Å². The van der Waals surface area contributed by atoms with Crippen molar-refractivity contribution in [2.75, 3.05) is 33.3 Å². The van der Waals surface area contributed by atoms with Crippen molar-refractivity contribution in [2.24, 2.45) is 0 Å². The Balaban J connectivity index is 1.58. The van der Waals surface area contributed by atoms with Crippen LogP contribution in [0.2, 0.25) is 0 Å². The fraction of sp³-hybridized carbons (Fsp3) is 0.667. The molecule has 5 heteroatoms. The second-order valence-corrected chi connectivity index (χ2v) is 5.32. The van der Waals surface area contributed by atoms with E-state index in [1.807, 2.05) is 6.07 Å². The van der Waals surface area contributed by atoms with Crippen LogP contribution >= 0.6 is 0 Å². The topological polar surface area (TPSA) is 57.4 Å². The summed E-state index contributed by atoms with van der Waals surface area (Å²) in [7, 11) is 1.39. The van der Waals surface area contributed by atoms with Crippen molar-refractivity contribution in [1.29, 1.82) is 0 Å². The molecule has 0 atom stereocenters. The van der Waals surface area contributed by atoms with E-state index in [1.54, 1.807) is 6.07 Å². The summed E-state index contributed by atoms with van der Waals surface area (Å²) in [5, 5.41) is 3.40. The lowest BCUT2D eigenvalue weighted by Crippen LogP contribution is -2.32. The largest absolute Gasteiger partial charge is 0.464 e. The number of nitrogens with one attached hydrogen (secondary N) is 2. The second kappa shape index (κ2) is 8.07. The summed E-state index contributed by atoms with van der Waals surface area (Å²) in [6, 6.07) is 3.68. The molecule has 0 aliphatic carbocycles. The van der Waals surface area contributed by atoms with E-state index in [-0.39, 0.29) is 5.97 Å². The zero-order chi connectivity index (χ0) is 14.2. The maximum atomic E-state index is 11.3. The quantitative estimate of drug-likeness (QED) is 0.590. The third-order valence-electron chi connectivity index (χ3n) is 3.74. The van der Waals surface area contributed by atoms with Gasteiger partial charge < -0.3 is 19.9 Å². The molecule has 0 unspecified atom stereocenters. The average molecular weight is 279 g/mol. The molecule has 1 aliphatic rings. The number of H-pyrrole nitrogens is 1. The number of aromatic amines is 1. The SMILES string of the molecule is COC(=O)c1ccc(CNCCCN2CCCCC2)[nH]1. The first-order valence-corrected chi connectivity index (χ1v) is 7.49. The number of likely N-dealkylation sites (tertiary alicyclic amines) is 1. The van der Waals surface area contributed by atoms with Crippen molar-refractivity contribution >= 4 is 5.97 Å². The maximum Gasteiger partial charge on any atom is 0.354 e. The Morgan fingerprint density at radius 3 is 2.90 bits per heavy atom. The molecule has 20 heavy (non-hydrogen) atoms. The molecule has 2 N–H and O–H groups in total. The van der Waals surface area contributed by atoms with Crippen molar-refractivity contribution in [1.82, 2.24) is 15.2 Å². The molecule has 1 aliphatic heterocycles. The molecule has 1 aromatic heterocycles. The van der Waals surface area contributed by atoms with Crippen LogP contribution in [0.15, 0.2) is 12.1 Å². The van der Waals surface area contributed by atoms with Gasteiger partial charge in [0.05, 0.1) is 7.11 Å². The molecule has 0 spiro atoms. The maximum absolute atomic E-state index is 11.3. The number of aromatic nitrogens is 1. The van der Waals surface area contributed by atoms with Crippen LogP contribution in [0.5, 0.6) is 0 Å². The molecule has 0 aromatic carbocycles. The van der Waals surface area contributed by atoms with Gasteiger partial charge in [-0.1, -0.05) is 6.42 Å². The molecule has 0 bridgehead atoms. The van der Waals surface area contributed by atoms with Crippen molar-refractivity contribution in [3.63, 3.8) is 0 Å². The summed E-state index contributed by atoms with van der Waals surface area (Å²) in [5.74, 6) is -0.318. The molecule has 112 valence electrons. The third-order valence-corrected chi connectivity index (χ3v) is 3.74. The number of carbonyl (C=O) groups is 1. The van der Waals surface area contributed by atoms with Crippen LogP contribution in [0.1, 0.15) is 41.9 Å². The average Bonchev–Trinajstić information content (AvgIpc) is 2.96. The summed E-state index contributed by atoms with van der Waals surface area (Å²) < 4.78 is 4.66. The molecule has 0 amide bonds. The Labute approximate surface area is 120 Å². The Kier molecular flexibility index (Phi) is 6.08. The number of hydrogen-bond donors (Lipinski definition) is 2. The molecular formula is C15H25N3O2. The van der Waals surface area contributed by atoms with Crippen molar-refractivity contribution in [3.8, 4) is 0 Å². The van der Waals surface area contributed by atoms with E-state index < -0.39 is 0 Å². The number of piperidine rings is 1. The number of methoxy groups -OCH3 is 1. The van der Waals surface area contributed by atoms with E-state index in [2.05, 4.69) is 19.9 Å². The summed E-state index contributed by atoms with van der Waals surface area (Å²) in [6.07, 6.45) is 5.27. The first-order valence-electron chi connectivity index (χ1n) is 7.49. The van der Waals surface area contributed by atoms with Crippen LogP contribution < -0.4 is 5.32 Å². The molecule has 1 aromatic rings. The molecule has 5 nitrogen and oxygen atoms in total. The van der Waals surface area contributed by atoms with E-state index in [9.17, 15) is 4.79 Å². The van der Waals surface area contributed by atoms with Crippen LogP contribution in [0.25, 0.3) is 0 Å². The van der Waals surface area contributed by atoms with Gasteiger partial charge in [0, 0.05) is 12.2 Å². The highest BCUT2D eigenvalue weighted by atomic mass is 16.5. The molecule has 1 fully saturated rings. The number of ether oxygens (including phenoxy) is 1. The highest BCUT2D eigenvalue weighted by Gasteiger charge is 2.09. The molecule has 2 rings (SSSR count). The number of nitrogens with zero attached hydrogens (tertiary/aromatic N) is 1. The molecule has 0 saturated carbocycles. The molecule has 2 heterocycles. The van der Waals surface area contributed by atoms with Gasteiger partial charge in [-0.25, -0.2) is 4.79 Å². The first-order chi connectivity index (χ1) is 9.79. The van der Waals surface area contributed by atoms with Crippen molar-refractivity contribution in [3.05, 3.63) is 23.5 Å². The van der Waals surface area contributed by atoms with Gasteiger partial charge in [0.15, 0.2) is 0 Å². The smallest absolute Gasteiger partial charge is 0.354 e. The number of hydrogen-bond acceptors (Lipinski definition) is 4. The van der Waals surface area contributed by atoms with E-state index >= 15 is 0 Å². The minimum absolute atomic E-state index is 0.318. The number of rotatable bonds is 7.